The average molecular weight is 464 g/mol. The van der Waals surface area contributed by atoms with E-state index in [4.69, 9.17) is 9.72 Å². The van der Waals surface area contributed by atoms with Gasteiger partial charge in [-0.2, -0.15) is 0 Å². The summed E-state index contributed by atoms with van der Waals surface area (Å²) in [5.41, 5.74) is 1.51. The van der Waals surface area contributed by atoms with Crippen molar-refractivity contribution in [1.82, 2.24) is 19.4 Å². The minimum atomic E-state index is -0.107. The number of urea groups is 1. The third kappa shape index (κ3) is 4.92. The van der Waals surface area contributed by atoms with Crippen LogP contribution in [-0.4, -0.2) is 58.7 Å². The molecule has 1 aromatic heterocycles. The van der Waals surface area contributed by atoms with E-state index < -0.39 is 0 Å². The number of methoxy groups -OCH3 is 1. The number of para-hydroxylation sites is 1. The molecule has 3 aromatic rings. The Morgan fingerprint density at radius 3 is 2.41 bits per heavy atom. The summed E-state index contributed by atoms with van der Waals surface area (Å²) < 4.78 is 7.02. The van der Waals surface area contributed by atoms with E-state index in [-0.39, 0.29) is 17.6 Å². The lowest BCUT2D eigenvalue weighted by Gasteiger charge is -2.39. The quantitative estimate of drug-likeness (QED) is 0.570. The molecule has 0 spiro atoms. The first kappa shape index (κ1) is 23.8. The van der Waals surface area contributed by atoms with Gasteiger partial charge >= 0.3 is 6.03 Å². The van der Waals surface area contributed by atoms with Crippen LogP contribution in [0.15, 0.2) is 53.3 Å². The summed E-state index contributed by atoms with van der Waals surface area (Å²) in [6.07, 6.45) is 1.70. The van der Waals surface area contributed by atoms with E-state index >= 15 is 0 Å². The molecule has 0 saturated carbocycles. The number of nitrogens with zero attached hydrogens (tertiary/aromatic N) is 4. The van der Waals surface area contributed by atoms with Crippen molar-refractivity contribution in [3.8, 4) is 5.75 Å². The van der Waals surface area contributed by atoms with Gasteiger partial charge in [-0.3, -0.25) is 14.3 Å². The Hall–Kier alpha value is -3.39. The molecule has 34 heavy (non-hydrogen) atoms. The van der Waals surface area contributed by atoms with Crippen LogP contribution >= 0.6 is 0 Å². The zero-order valence-electron chi connectivity index (χ0n) is 20.2. The number of fused-ring (bicyclic) bond motifs is 1. The predicted octanol–water partition coefficient (Wildman–Crippen LogP) is 4.12. The lowest BCUT2D eigenvalue weighted by Crippen LogP contribution is -2.51. The van der Waals surface area contributed by atoms with E-state index in [1.165, 1.54) is 0 Å². The molecule has 2 heterocycles. The molecule has 8 nitrogen and oxygen atoms in total. The minimum Gasteiger partial charge on any atom is -0.497 e. The summed E-state index contributed by atoms with van der Waals surface area (Å²) in [6.45, 7) is 7.53. The minimum absolute atomic E-state index is 0.0238. The van der Waals surface area contributed by atoms with Crippen molar-refractivity contribution in [2.45, 2.75) is 39.3 Å². The third-order valence-corrected chi connectivity index (χ3v) is 6.41. The largest absolute Gasteiger partial charge is 0.497 e. The van der Waals surface area contributed by atoms with Crippen LogP contribution in [0.25, 0.3) is 10.9 Å². The van der Waals surface area contributed by atoms with Crippen LogP contribution in [0, 0.1) is 0 Å². The molecule has 1 atom stereocenters. The highest BCUT2D eigenvalue weighted by atomic mass is 16.5. The number of hydrogen-bond acceptors (Lipinski definition) is 5. The van der Waals surface area contributed by atoms with Gasteiger partial charge in [0.2, 0.25) is 0 Å². The average Bonchev–Trinajstić information content (AvgIpc) is 2.87. The number of aromatic nitrogens is 2. The van der Waals surface area contributed by atoms with E-state index in [0.717, 1.165) is 48.7 Å². The molecule has 8 heteroatoms. The highest BCUT2D eigenvalue weighted by Crippen LogP contribution is 2.25. The topological polar surface area (TPSA) is 79.7 Å². The van der Waals surface area contributed by atoms with Crippen molar-refractivity contribution in [2.24, 2.45) is 0 Å². The van der Waals surface area contributed by atoms with Crippen LogP contribution < -0.4 is 15.6 Å². The van der Waals surface area contributed by atoms with E-state index in [1.807, 2.05) is 58.0 Å². The van der Waals surface area contributed by atoms with Crippen LogP contribution in [0.4, 0.5) is 10.5 Å². The second kappa shape index (κ2) is 10.7. The number of ether oxygens (including phenoxy) is 1. The number of hydrogen-bond donors (Lipinski definition) is 1. The molecule has 1 aliphatic rings. The number of amides is 2. The molecule has 0 aliphatic carbocycles. The Balaban J connectivity index is 1.48. The normalized spacial score (nSPS) is 15.3. The monoisotopic (exact) mass is 463 g/mol. The maximum Gasteiger partial charge on any atom is 0.321 e. The van der Waals surface area contributed by atoms with Crippen molar-refractivity contribution in [2.75, 3.05) is 38.6 Å². The van der Waals surface area contributed by atoms with Gasteiger partial charge in [-0.05, 0) is 49.2 Å². The molecule has 1 fully saturated rings. The second-order valence-corrected chi connectivity index (χ2v) is 8.55. The van der Waals surface area contributed by atoms with Crippen molar-refractivity contribution in [3.63, 3.8) is 0 Å². The van der Waals surface area contributed by atoms with Gasteiger partial charge in [-0.25, -0.2) is 9.78 Å². The standard InChI is InChI=1S/C26H33N5O3/c1-4-14-31-24(28-22-9-7-6-8-21(22)25(31)32)23(5-2)29-15-17-30(18-16-29)26(33)27-19-10-12-20(34-3)13-11-19/h6-13,23H,4-5,14-18H2,1-3H3,(H,27,33). The molecule has 0 bridgehead atoms. The number of carbonyl (C=O) groups excluding carboxylic acids is 1. The van der Waals surface area contributed by atoms with Crippen LogP contribution in [0.5, 0.6) is 5.75 Å². The van der Waals surface area contributed by atoms with Gasteiger partial charge < -0.3 is 15.0 Å². The van der Waals surface area contributed by atoms with Crippen molar-refractivity contribution >= 4 is 22.6 Å². The van der Waals surface area contributed by atoms with Gasteiger partial charge in [-0.1, -0.05) is 26.0 Å². The van der Waals surface area contributed by atoms with E-state index in [2.05, 4.69) is 24.1 Å². The summed E-state index contributed by atoms with van der Waals surface area (Å²) in [6, 6.07) is 14.8. The fraction of sp³-hybridized carbons (Fsp3) is 0.423. The first-order valence-electron chi connectivity index (χ1n) is 12.0. The van der Waals surface area contributed by atoms with Crippen LogP contribution in [0.2, 0.25) is 0 Å². The number of anilines is 1. The molecule has 2 amide bonds. The van der Waals surface area contributed by atoms with Crippen LogP contribution in [0.3, 0.4) is 0 Å². The Kier molecular flexibility index (Phi) is 7.47. The Morgan fingerprint density at radius 2 is 1.76 bits per heavy atom. The third-order valence-electron chi connectivity index (χ3n) is 6.41. The number of nitrogens with one attached hydrogen (secondary N) is 1. The lowest BCUT2D eigenvalue weighted by molar-refractivity contribution is 0.105. The van der Waals surface area contributed by atoms with Gasteiger partial charge in [0.05, 0.1) is 24.1 Å². The van der Waals surface area contributed by atoms with Crippen molar-refractivity contribution in [3.05, 3.63) is 64.7 Å². The zero-order valence-corrected chi connectivity index (χ0v) is 20.2. The van der Waals surface area contributed by atoms with Gasteiger partial charge in [0.25, 0.3) is 5.56 Å². The van der Waals surface area contributed by atoms with Crippen molar-refractivity contribution < 1.29 is 9.53 Å². The number of rotatable bonds is 7. The van der Waals surface area contributed by atoms with Crippen LogP contribution in [0.1, 0.15) is 38.6 Å². The second-order valence-electron chi connectivity index (χ2n) is 8.55. The molecular formula is C26H33N5O3. The molecular weight excluding hydrogens is 430 g/mol. The molecule has 180 valence electrons. The Morgan fingerprint density at radius 1 is 1.06 bits per heavy atom. The SMILES string of the molecule is CCCn1c(C(CC)N2CCN(C(=O)Nc3ccc(OC)cc3)CC2)nc2ccccc2c1=O. The van der Waals surface area contributed by atoms with E-state index in [9.17, 15) is 9.59 Å². The van der Waals surface area contributed by atoms with Crippen molar-refractivity contribution in [1.29, 1.82) is 0 Å². The first-order chi connectivity index (χ1) is 16.5. The fourth-order valence-corrected chi connectivity index (χ4v) is 4.60. The van der Waals surface area contributed by atoms with Gasteiger partial charge in [0.1, 0.15) is 11.6 Å². The van der Waals surface area contributed by atoms with Gasteiger partial charge in [0.15, 0.2) is 0 Å². The predicted molar refractivity (Wildman–Crippen MR) is 134 cm³/mol. The first-order valence-corrected chi connectivity index (χ1v) is 12.0. The van der Waals surface area contributed by atoms with E-state index in [1.54, 1.807) is 7.11 Å². The molecule has 1 unspecified atom stereocenters. The van der Waals surface area contributed by atoms with Crippen LogP contribution in [-0.2, 0) is 6.54 Å². The number of benzene rings is 2. The summed E-state index contributed by atoms with van der Waals surface area (Å²) in [5.74, 6) is 1.57. The molecule has 1 N–H and O–H groups in total. The summed E-state index contributed by atoms with van der Waals surface area (Å²) in [5, 5.41) is 3.62. The zero-order chi connectivity index (χ0) is 24.1. The summed E-state index contributed by atoms with van der Waals surface area (Å²) in [4.78, 5) is 35.1. The Labute approximate surface area is 200 Å². The maximum atomic E-state index is 13.2. The summed E-state index contributed by atoms with van der Waals surface area (Å²) in [7, 11) is 1.62. The summed E-state index contributed by atoms with van der Waals surface area (Å²) >= 11 is 0. The molecule has 4 rings (SSSR count). The maximum absolute atomic E-state index is 13.2. The highest BCUT2D eigenvalue weighted by Gasteiger charge is 2.29. The highest BCUT2D eigenvalue weighted by molar-refractivity contribution is 5.89. The molecule has 0 radical (unpaired) electrons. The smallest absolute Gasteiger partial charge is 0.321 e. The molecule has 2 aromatic carbocycles. The van der Waals surface area contributed by atoms with Gasteiger partial charge in [0, 0.05) is 38.4 Å². The van der Waals surface area contributed by atoms with E-state index in [0.29, 0.717) is 25.0 Å². The lowest BCUT2D eigenvalue weighted by atomic mass is 10.1. The molecule has 1 saturated heterocycles. The fourth-order valence-electron chi connectivity index (χ4n) is 4.60. The molecule has 1 aliphatic heterocycles. The number of piperazine rings is 1. The number of carbonyl (C=O) groups is 1. The Bertz CT molecular complexity index is 1180. The van der Waals surface area contributed by atoms with Gasteiger partial charge in [-0.15, -0.1) is 0 Å².